The maximum atomic E-state index is 13.9. The van der Waals surface area contributed by atoms with Crippen LogP contribution < -0.4 is 5.32 Å². The Bertz CT molecular complexity index is 1030. The van der Waals surface area contributed by atoms with Crippen molar-refractivity contribution in [2.45, 2.75) is 24.7 Å². The van der Waals surface area contributed by atoms with Gasteiger partial charge in [0.15, 0.2) is 0 Å². The number of halogens is 1. The summed E-state index contributed by atoms with van der Waals surface area (Å²) in [5.74, 6) is -1.78. The average molecular weight is 421 g/mol. The Morgan fingerprint density at radius 3 is 2.38 bits per heavy atom. The van der Waals surface area contributed by atoms with Crippen LogP contribution in [-0.4, -0.2) is 36.6 Å². The Morgan fingerprint density at radius 2 is 1.79 bits per heavy atom. The smallest absolute Gasteiger partial charge is 0.271 e. The van der Waals surface area contributed by atoms with E-state index in [9.17, 15) is 27.7 Å². The summed E-state index contributed by atoms with van der Waals surface area (Å²) in [7, 11) is -3.64. The second kappa shape index (κ2) is 8.26. The number of nitro benzene ring substituents is 1. The zero-order valence-corrected chi connectivity index (χ0v) is 16.5. The first kappa shape index (κ1) is 20.9. The van der Waals surface area contributed by atoms with Crippen LogP contribution in [0.2, 0.25) is 0 Å². The summed E-state index contributed by atoms with van der Waals surface area (Å²) in [6.07, 6.45) is 0.543. The van der Waals surface area contributed by atoms with Crippen molar-refractivity contribution in [2.24, 2.45) is 5.92 Å². The number of benzene rings is 2. The van der Waals surface area contributed by atoms with Crippen molar-refractivity contribution in [3.8, 4) is 0 Å². The number of amides is 1. The van der Waals surface area contributed by atoms with Crippen molar-refractivity contribution in [3.05, 3.63) is 64.0 Å². The van der Waals surface area contributed by atoms with E-state index in [1.165, 1.54) is 4.31 Å². The number of piperidine rings is 1. The molecule has 0 unspecified atom stereocenters. The number of rotatable bonds is 5. The van der Waals surface area contributed by atoms with Crippen LogP contribution in [0.15, 0.2) is 47.4 Å². The van der Waals surface area contributed by atoms with E-state index in [1.807, 2.05) is 6.92 Å². The third-order valence-corrected chi connectivity index (χ3v) is 6.81. The van der Waals surface area contributed by atoms with Crippen molar-refractivity contribution < 1.29 is 22.5 Å². The number of hydrogen-bond donors (Lipinski definition) is 1. The summed E-state index contributed by atoms with van der Waals surface area (Å²) in [6, 6.07) is 9.44. The summed E-state index contributed by atoms with van der Waals surface area (Å²) in [4.78, 5) is 22.8. The van der Waals surface area contributed by atoms with E-state index in [-0.39, 0.29) is 42.2 Å². The summed E-state index contributed by atoms with van der Waals surface area (Å²) in [5, 5.41) is 13.2. The van der Waals surface area contributed by atoms with Crippen molar-refractivity contribution in [2.75, 3.05) is 18.4 Å². The molecule has 0 aliphatic carbocycles. The lowest BCUT2D eigenvalue weighted by atomic mass is 9.97. The van der Waals surface area contributed by atoms with Gasteiger partial charge in [0.2, 0.25) is 15.9 Å². The molecule has 8 nitrogen and oxygen atoms in total. The third kappa shape index (κ3) is 4.60. The van der Waals surface area contributed by atoms with E-state index in [4.69, 9.17) is 0 Å². The topological polar surface area (TPSA) is 110 Å². The predicted molar refractivity (Wildman–Crippen MR) is 104 cm³/mol. The van der Waals surface area contributed by atoms with Gasteiger partial charge in [-0.1, -0.05) is 17.7 Å². The van der Waals surface area contributed by atoms with Crippen molar-refractivity contribution in [1.82, 2.24) is 4.31 Å². The minimum absolute atomic E-state index is 0.158. The molecule has 1 N–H and O–H groups in total. The molecule has 0 bridgehead atoms. The van der Waals surface area contributed by atoms with E-state index in [0.717, 1.165) is 23.8 Å². The molecule has 0 spiro atoms. The molecule has 0 aromatic heterocycles. The standard InChI is InChI=1S/C19H20FN3O5S/c1-13-2-5-16(6-3-13)29(27,28)22-10-8-14(9-11-22)19(24)21-18-12-15(23(25)26)4-7-17(18)20/h2-7,12,14H,8-11H2,1H3,(H,21,24). The molecule has 0 atom stereocenters. The molecule has 2 aromatic rings. The molecule has 1 saturated heterocycles. The molecule has 29 heavy (non-hydrogen) atoms. The minimum Gasteiger partial charge on any atom is -0.323 e. The predicted octanol–water partition coefficient (Wildman–Crippen LogP) is 3.08. The van der Waals surface area contributed by atoms with Gasteiger partial charge in [-0.3, -0.25) is 14.9 Å². The number of sulfonamides is 1. The average Bonchev–Trinajstić information content (AvgIpc) is 2.70. The lowest BCUT2D eigenvalue weighted by Crippen LogP contribution is -2.41. The van der Waals surface area contributed by atoms with Crippen LogP contribution in [0, 0.1) is 28.8 Å². The molecule has 1 aliphatic heterocycles. The molecule has 2 aromatic carbocycles. The fraction of sp³-hybridized carbons (Fsp3) is 0.316. The van der Waals surface area contributed by atoms with Gasteiger partial charge in [-0.05, 0) is 38.0 Å². The van der Waals surface area contributed by atoms with Crippen molar-refractivity contribution in [1.29, 1.82) is 0 Å². The van der Waals surface area contributed by atoms with Crippen LogP contribution in [0.3, 0.4) is 0 Å². The normalized spacial score (nSPS) is 15.8. The molecule has 1 amide bonds. The van der Waals surface area contributed by atoms with E-state index in [2.05, 4.69) is 5.32 Å². The summed E-state index contributed by atoms with van der Waals surface area (Å²) >= 11 is 0. The van der Waals surface area contributed by atoms with Crippen LogP contribution in [-0.2, 0) is 14.8 Å². The Balaban J connectivity index is 1.65. The Kier molecular flexibility index (Phi) is 5.94. The largest absolute Gasteiger partial charge is 0.323 e. The fourth-order valence-electron chi connectivity index (χ4n) is 3.18. The molecular formula is C19H20FN3O5S. The first-order valence-corrected chi connectivity index (χ1v) is 10.4. The summed E-state index contributed by atoms with van der Waals surface area (Å²) < 4.78 is 40.6. The monoisotopic (exact) mass is 421 g/mol. The second-order valence-electron chi connectivity index (χ2n) is 6.90. The van der Waals surface area contributed by atoms with E-state index >= 15 is 0 Å². The van der Waals surface area contributed by atoms with Gasteiger partial charge in [-0.25, -0.2) is 12.8 Å². The molecule has 1 aliphatic rings. The molecule has 0 saturated carbocycles. The first-order valence-electron chi connectivity index (χ1n) is 9.00. The molecular weight excluding hydrogens is 401 g/mol. The lowest BCUT2D eigenvalue weighted by molar-refractivity contribution is -0.384. The second-order valence-corrected chi connectivity index (χ2v) is 8.84. The van der Waals surface area contributed by atoms with Crippen LogP contribution in [0.25, 0.3) is 0 Å². The zero-order valence-electron chi connectivity index (χ0n) is 15.7. The number of anilines is 1. The Labute approximate surface area is 167 Å². The number of nitrogens with zero attached hydrogens (tertiary/aromatic N) is 2. The van der Waals surface area contributed by atoms with Crippen molar-refractivity contribution in [3.63, 3.8) is 0 Å². The third-order valence-electron chi connectivity index (χ3n) is 4.90. The van der Waals surface area contributed by atoms with Gasteiger partial charge in [0.1, 0.15) is 5.82 Å². The SMILES string of the molecule is Cc1ccc(S(=O)(=O)N2CCC(C(=O)Nc3cc([N+](=O)[O-])ccc3F)CC2)cc1. The Morgan fingerprint density at radius 1 is 1.17 bits per heavy atom. The minimum atomic E-state index is -3.64. The summed E-state index contributed by atoms with van der Waals surface area (Å²) in [5.41, 5.74) is 0.354. The van der Waals surface area contributed by atoms with Crippen LogP contribution >= 0.6 is 0 Å². The van der Waals surface area contributed by atoms with Gasteiger partial charge < -0.3 is 5.32 Å². The summed E-state index contributed by atoms with van der Waals surface area (Å²) in [6.45, 7) is 2.18. The van der Waals surface area contributed by atoms with E-state index < -0.39 is 32.6 Å². The van der Waals surface area contributed by atoms with Crippen LogP contribution in [0.5, 0.6) is 0 Å². The fourth-order valence-corrected chi connectivity index (χ4v) is 4.64. The highest BCUT2D eigenvalue weighted by molar-refractivity contribution is 7.89. The molecule has 3 rings (SSSR count). The van der Waals surface area contributed by atoms with Gasteiger partial charge in [0, 0.05) is 31.1 Å². The van der Waals surface area contributed by atoms with Gasteiger partial charge in [-0.2, -0.15) is 4.31 Å². The first-order chi connectivity index (χ1) is 13.7. The van der Waals surface area contributed by atoms with Gasteiger partial charge in [-0.15, -0.1) is 0 Å². The van der Waals surface area contributed by atoms with Crippen molar-refractivity contribution >= 4 is 27.3 Å². The van der Waals surface area contributed by atoms with E-state index in [1.54, 1.807) is 24.3 Å². The molecule has 1 heterocycles. The number of carbonyl (C=O) groups is 1. The highest BCUT2D eigenvalue weighted by Crippen LogP contribution is 2.27. The molecule has 1 fully saturated rings. The number of nitrogens with one attached hydrogen (secondary N) is 1. The van der Waals surface area contributed by atoms with Gasteiger partial charge in [0.25, 0.3) is 5.69 Å². The maximum Gasteiger partial charge on any atom is 0.271 e. The maximum absolute atomic E-state index is 13.9. The van der Waals surface area contributed by atoms with Crippen LogP contribution in [0.4, 0.5) is 15.8 Å². The number of hydrogen-bond acceptors (Lipinski definition) is 5. The molecule has 0 radical (unpaired) electrons. The van der Waals surface area contributed by atoms with E-state index in [0.29, 0.717) is 0 Å². The highest BCUT2D eigenvalue weighted by atomic mass is 32.2. The van der Waals surface area contributed by atoms with Crippen LogP contribution in [0.1, 0.15) is 18.4 Å². The quantitative estimate of drug-likeness (QED) is 0.589. The number of aryl methyl sites for hydroxylation is 1. The van der Waals surface area contributed by atoms with Gasteiger partial charge in [0.05, 0.1) is 15.5 Å². The zero-order chi connectivity index (χ0) is 21.2. The Hall–Kier alpha value is -2.85. The number of carbonyl (C=O) groups excluding carboxylic acids is 1. The molecule has 10 heteroatoms. The number of non-ortho nitro benzene ring substituents is 1. The molecule has 154 valence electrons. The van der Waals surface area contributed by atoms with Gasteiger partial charge >= 0.3 is 0 Å². The highest BCUT2D eigenvalue weighted by Gasteiger charge is 2.32. The lowest BCUT2D eigenvalue weighted by Gasteiger charge is -2.30. The number of nitro groups is 1.